The predicted molar refractivity (Wildman–Crippen MR) is 106 cm³/mol. The van der Waals surface area contributed by atoms with Gasteiger partial charge < -0.3 is 19.3 Å². The molecule has 2 aromatic rings. The molecule has 2 heterocycles. The van der Waals surface area contributed by atoms with Gasteiger partial charge in [-0.25, -0.2) is 5.48 Å². The van der Waals surface area contributed by atoms with Crippen LogP contribution in [0.5, 0.6) is 5.75 Å². The van der Waals surface area contributed by atoms with E-state index in [1.165, 1.54) is 17.0 Å². The van der Waals surface area contributed by atoms with Gasteiger partial charge in [-0.05, 0) is 35.9 Å². The van der Waals surface area contributed by atoms with Crippen LogP contribution in [-0.2, 0) is 16.1 Å². The molecule has 9 heteroatoms. The highest BCUT2D eigenvalue weighted by Gasteiger charge is 2.27. The van der Waals surface area contributed by atoms with Gasteiger partial charge in [0.25, 0.3) is 17.7 Å². The van der Waals surface area contributed by atoms with E-state index >= 15 is 0 Å². The molecule has 9 nitrogen and oxygen atoms in total. The molecule has 30 heavy (non-hydrogen) atoms. The van der Waals surface area contributed by atoms with Crippen LogP contribution in [0.4, 0.5) is 5.69 Å². The zero-order valence-corrected chi connectivity index (χ0v) is 16.2. The number of morpholine rings is 1. The van der Waals surface area contributed by atoms with Crippen LogP contribution < -0.4 is 15.1 Å². The molecule has 0 saturated carbocycles. The van der Waals surface area contributed by atoms with E-state index in [-0.39, 0.29) is 30.5 Å². The van der Waals surface area contributed by atoms with E-state index in [9.17, 15) is 14.4 Å². The normalized spacial score (nSPS) is 16.0. The van der Waals surface area contributed by atoms with Crippen LogP contribution in [-0.4, -0.2) is 60.7 Å². The fraction of sp³-hybridized carbons (Fsp3) is 0.286. The molecule has 1 saturated heterocycles. The number of nitrogens with zero attached hydrogens (tertiary/aromatic N) is 2. The molecule has 2 aromatic carbocycles. The summed E-state index contributed by atoms with van der Waals surface area (Å²) in [6.45, 7) is 2.38. The Balaban J connectivity index is 1.53. The molecule has 3 amide bonds. The van der Waals surface area contributed by atoms with Gasteiger partial charge in [-0.1, -0.05) is 12.1 Å². The van der Waals surface area contributed by atoms with Crippen molar-refractivity contribution in [3.63, 3.8) is 0 Å². The lowest BCUT2D eigenvalue weighted by Gasteiger charge is -2.30. The Bertz CT molecular complexity index is 969. The van der Waals surface area contributed by atoms with Crippen LogP contribution in [0, 0.1) is 0 Å². The van der Waals surface area contributed by atoms with Crippen LogP contribution >= 0.6 is 0 Å². The molecule has 4 rings (SSSR count). The van der Waals surface area contributed by atoms with Crippen LogP contribution in [0.15, 0.2) is 42.5 Å². The molecule has 0 atom stereocenters. The van der Waals surface area contributed by atoms with Crippen LogP contribution in [0.3, 0.4) is 0 Å². The largest absolute Gasteiger partial charge is 0.482 e. The Hall–Kier alpha value is -3.43. The Kier molecular flexibility index (Phi) is 5.64. The number of hydrogen-bond acceptors (Lipinski definition) is 6. The molecule has 0 aliphatic carbocycles. The van der Waals surface area contributed by atoms with Gasteiger partial charge in [0.1, 0.15) is 5.75 Å². The van der Waals surface area contributed by atoms with Gasteiger partial charge in [0.2, 0.25) is 0 Å². The summed E-state index contributed by atoms with van der Waals surface area (Å²) in [6, 6.07) is 11.7. The Labute approximate surface area is 172 Å². The summed E-state index contributed by atoms with van der Waals surface area (Å²) in [4.78, 5) is 40.1. The molecule has 0 bridgehead atoms. The molecule has 0 unspecified atom stereocenters. The van der Waals surface area contributed by atoms with Crippen molar-refractivity contribution in [3.05, 3.63) is 59.2 Å². The van der Waals surface area contributed by atoms with Crippen molar-refractivity contribution in [1.29, 1.82) is 0 Å². The maximum atomic E-state index is 12.6. The van der Waals surface area contributed by atoms with Crippen LogP contribution in [0.1, 0.15) is 26.3 Å². The number of amides is 3. The van der Waals surface area contributed by atoms with E-state index in [0.29, 0.717) is 43.3 Å². The van der Waals surface area contributed by atoms with Crippen molar-refractivity contribution in [2.75, 3.05) is 37.8 Å². The molecular formula is C21H21N3O6. The minimum atomic E-state index is -0.679. The highest BCUT2D eigenvalue weighted by molar-refractivity contribution is 6.01. The van der Waals surface area contributed by atoms with Crippen LogP contribution in [0.25, 0.3) is 0 Å². The van der Waals surface area contributed by atoms with Gasteiger partial charge in [-0.2, -0.15) is 0 Å². The van der Waals surface area contributed by atoms with Gasteiger partial charge in [0.15, 0.2) is 6.61 Å². The SMILES string of the molecule is O=C(NO)c1ccc2c(c1)N(Cc1ccc(C(=O)N3CCOCC3)cc1)C(=O)CO2. The van der Waals surface area contributed by atoms with Crippen molar-refractivity contribution in [3.8, 4) is 5.75 Å². The fourth-order valence-electron chi connectivity index (χ4n) is 3.47. The lowest BCUT2D eigenvalue weighted by Crippen LogP contribution is -2.40. The number of fused-ring (bicyclic) bond motifs is 1. The first-order chi connectivity index (χ1) is 14.6. The second-order valence-corrected chi connectivity index (χ2v) is 6.99. The second kappa shape index (κ2) is 8.52. The van der Waals surface area contributed by atoms with Crippen LogP contribution in [0.2, 0.25) is 0 Å². The van der Waals surface area contributed by atoms with E-state index in [0.717, 1.165) is 5.56 Å². The average molecular weight is 411 g/mol. The van der Waals surface area contributed by atoms with Gasteiger partial charge >= 0.3 is 0 Å². The minimum Gasteiger partial charge on any atom is -0.482 e. The van der Waals surface area contributed by atoms with Gasteiger partial charge in [0.05, 0.1) is 25.4 Å². The van der Waals surface area contributed by atoms with Crippen molar-refractivity contribution < 1.29 is 29.1 Å². The number of hydrogen-bond donors (Lipinski definition) is 2. The van der Waals surface area contributed by atoms with E-state index in [4.69, 9.17) is 14.7 Å². The quantitative estimate of drug-likeness (QED) is 0.578. The number of ether oxygens (including phenoxy) is 2. The number of anilines is 1. The standard InChI is InChI=1S/C21H21N3O6/c25-19-13-30-18-6-5-16(20(26)22-28)11-17(18)24(19)12-14-1-3-15(4-2-14)21(27)23-7-9-29-10-8-23/h1-6,11,28H,7-10,12-13H2,(H,22,26). The molecule has 2 aliphatic heterocycles. The summed E-state index contributed by atoms with van der Waals surface area (Å²) in [5.41, 5.74) is 3.63. The van der Waals surface area contributed by atoms with Crippen molar-refractivity contribution in [1.82, 2.24) is 10.4 Å². The third-order valence-electron chi connectivity index (χ3n) is 5.11. The summed E-state index contributed by atoms with van der Waals surface area (Å²) in [7, 11) is 0. The van der Waals surface area contributed by atoms with Gasteiger partial charge in [-0.15, -0.1) is 0 Å². The zero-order chi connectivity index (χ0) is 21.1. The summed E-state index contributed by atoms with van der Waals surface area (Å²) in [5.74, 6) is -0.500. The highest BCUT2D eigenvalue weighted by Crippen LogP contribution is 2.34. The van der Waals surface area contributed by atoms with E-state index in [1.807, 2.05) is 0 Å². The first-order valence-electron chi connectivity index (χ1n) is 9.54. The summed E-state index contributed by atoms with van der Waals surface area (Å²) in [6.07, 6.45) is 0. The number of benzene rings is 2. The maximum absolute atomic E-state index is 12.6. The molecule has 0 aromatic heterocycles. The molecular weight excluding hydrogens is 390 g/mol. The van der Waals surface area contributed by atoms with Gasteiger partial charge in [0, 0.05) is 24.2 Å². The predicted octanol–water partition coefficient (Wildman–Crippen LogP) is 1.20. The molecule has 156 valence electrons. The van der Waals surface area contributed by atoms with Crippen molar-refractivity contribution in [2.24, 2.45) is 0 Å². The number of carbonyl (C=O) groups is 3. The molecule has 1 fully saturated rings. The fourth-order valence-corrected chi connectivity index (χ4v) is 3.47. The van der Waals surface area contributed by atoms with E-state index in [1.54, 1.807) is 40.7 Å². The lowest BCUT2D eigenvalue weighted by atomic mass is 10.1. The highest BCUT2D eigenvalue weighted by atomic mass is 16.5. The summed E-state index contributed by atoms with van der Waals surface area (Å²) >= 11 is 0. The molecule has 2 N–H and O–H groups in total. The smallest absolute Gasteiger partial charge is 0.274 e. The Morgan fingerprint density at radius 3 is 2.43 bits per heavy atom. The molecule has 2 aliphatic rings. The third kappa shape index (κ3) is 3.98. The summed E-state index contributed by atoms with van der Waals surface area (Å²) < 4.78 is 10.7. The average Bonchev–Trinajstić information content (AvgIpc) is 2.80. The number of rotatable bonds is 4. The number of carbonyl (C=O) groups excluding carboxylic acids is 3. The topological polar surface area (TPSA) is 108 Å². The molecule has 0 radical (unpaired) electrons. The first-order valence-corrected chi connectivity index (χ1v) is 9.54. The van der Waals surface area contributed by atoms with E-state index in [2.05, 4.69) is 0 Å². The number of hydroxylamine groups is 1. The van der Waals surface area contributed by atoms with Crippen molar-refractivity contribution in [2.45, 2.75) is 6.54 Å². The first kappa shape index (κ1) is 19.9. The zero-order valence-electron chi connectivity index (χ0n) is 16.2. The molecule has 0 spiro atoms. The monoisotopic (exact) mass is 411 g/mol. The Morgan fingerprint density at radius 1 is 1.03 bits per heavy atom. The lowest BCUT2D eigenvalue weighted by molar-refractivity contribution is -0.121. The third-order valence-corrected chi connectivity index (χ3v) is 5.11. The maximum Gasteiger partial charge on any atom is 0.274 e. The van der Waals surface area contributed by atoms with E-state index < -0.39 is 5.91 Å². The minimum absolute atomic E-state index is 0.0442. The Morgan fingerprint density at radius 2 is 1.73 bits per heavy atom. The van der Waals surface area contributed by atoms with Crippen molar-refractivity contribution >= 4 is 23.4 Å². The second-order valence-electron chi connectivity index (χ2n) is 6.99. The number of nitrogens with one attached hydrogen (secondary N) is 1. The van der Waals surface area contributed by atoms with Gasteiger partial charge in [-0.3, -0.25) is 19.6 Å². The summed E-state index contributed by atoms with van der Waals surface area (Å²) in [5, 5.41) is 8.86.